The minimum atomic E-state index is -0.289. The Hall–Kier alpha value is -0.610. The van der Waals surface area contributed by atoms with Gasteiger partial charge in [-0.05, 0) is 19.8 Å². The molecule has 0 fully saturated rings. The fourth-order valence-electron chi connectivity index (χ4n) is 1.49. The zero-order chi connectivity index (χ0) is 12.2. The smallest absolute Gasteiger partial charge is 0.332 e. The third kappa shape index (κ3) is 8.68. The monoisotopic (exact) mass is 231 g/mol. The van der Waals surface area contributed by atoms with Gasteiger partial charge in [-0.2, -0.15) is 0 Å². The molecule has 0 aliphatic heterocycles. The van der Waals surface area contributed by atoms with Crippen molar-refractivity contribution in [3.63, 3.8) is 0 Å². The fourth-order valence-corrected chi connectivity index (χ4v) is 1.49. The Morgan fingerprint density at radius 2 is 2.06 bits per heavy atom. The van der Waals surface area contributed by atoms with Crippen LogP contribution in [0.1, 0.15) is 40.0 Å². The maximum Gasteiger partial charge on any atom is 0.332 e. The zero-order valence-electron chi connectivity index (χ0n) is 10.8. The molecule has 0 aromatic rings. The lowest BCUT2D eigenvalue weighted by Gasteiger charge is -2.15. The van der Waals surface area contributed by atoms with E-state index in [0.29, 0.717) is 19.3 Å². The van der Waals surface area contributed by atoms with E-state index < -0.39 is 0 Å². The molecule has 0 aliphatic rings. The van der Waals surface area contributed by atoms with Crippen LogP contribution in [-0.4, -0.2) is 38.4 Å². The van der Waals surface area contributed by atoms with E-state index in [0.717, 1.165) is 13.0 Å². The van der Waals surface area contributed by atoms with Gasteiger partial charge < -0.3 is 14.8 Å². The van der Waals surface area contributed by atoms with Crippen LogP contribution in [-0.2, 0) is 14.3 Å². The Labute approximate surface area is 98.7 Å². The summed E-state index contributed by atoms with van der Waals surface area (Å²) in [5.41, 5.74) is 0. The Kier molecular flexibility index (Phi) is 10.5. The average Bonchev–Trinajstić information content (AvgIpc) is 2.27. The van der Waals surface area contributed by atoms with Gasteiger partial charge in [0.15, 0.2) is 0 Å². The van der Waals surface area contributed by atoms with Crippen molar-refractivity contribution in [2.45, 2.75) is 46.1 Å². The molecule has 0 aromatic carbocycles. The number of hydrogen-bond donors (Lipinski definition) is 1. The number of carbonyl (C=O) groups is 1. The number of hydrogen-bond acceptors (Lipinski definition) is 4. The van der Waals surface area contributed by atoms with Gasteiger partial charge in [-0.1, -0.05) is 20.3 Å². The van der Waals surface area contributed by atoms with E-state index in [1.165, 1.54) is 12.8 Å². The summed E-state index contributed by atoms with van der Waals surface area (Å²) in [6.07, 6.45) is 3.51. The lowest BCUT2D eigenvalue weighted by molar-refractivity contribution is -0.148. The highest BCUT2D eigenvalue weighted by molar-refractivity contribution is 5.70. The molecule has 1 N–H and O–H groups in total. The first-order valence-electron chi connectivity index (χ1n) is 6.21. The summed E-state index contributed by atoms with van der Waals surface area (Å²) < 4.78 is 9.93. The van der Waals surface area contributed by atoms with Crippen molar-refractivity contribution < 1.29 is 14.3 Å². The second-order valence-electron chi connectivity index (χ2n) is 3.71. The fraction of sp³-hybridized carbons (Fsp3) is 0.917. The SMILES string of the molecule is CCCC(CC)NCCOCC(=O)OCC. The zero-order valence-corrected chi connectivity index (χ0v) is 10.8. The maximum absolute atomic E-state index is 10.9. The van der Waals surface area contributed by atoms with Gasteiger partial charge in [0.2, 0.25) is 0 Å². The number of rotatable bonds is 10. The highest BCUT2D eigenvalue weighted by atomic mass is 16.6. The van der Waals surface area contributed by atoms with Crippen LogP contribution in [0.15, 0.2) is 0 Å². The Bertz CT molecular complexity index is 174. The summed E-state index contributed by atoms with van der Waals surface area (Å²) in [6.45, 7) is 7.95. The van der Waals surface area contributed by atoms with E-state index in [1.54, 1.807) is 6.92 Å². The molecule has 0 rings (SSSR count). The molecular formula is C12H25NO3. The van der Waals surface area contributed by atoms with Crippen LogP contribution in [0.4, 0.5) is 0 Å². The van der Waals surface area contributed by atoms with Crippen molar-refractivity contribution in [2.24, 2.45) is 0 Å². The van der Waals surface area contributed by atoms with Gasteiger partial charge in [-0.25, -0.2) is 4.79 Å². The molecule has 0 bridgehead atoms. The second kappa shape index (κ2) is 10.9. The third-order valence-electron chi connectivity index (χ3n) is 2.33. The van der Waals surface area contributed by atoms with Crippen molar-refractivity contribution in [2.75, 3.05) is 26.4 Å². The molecule has 4 heteroatoms. The van der Waals surface area contributed by atoms with Gasteiger partial charge in [-0.15, -0.1) is 0 Å². The topological polar surface area (TPSA) is 47.6 Å². The van der Waals surface area contributed by atoms with E-state index in [2.05, 4.69) is 19.2 Å². The lowest BCUT2D eigenvalue weighted by Crippen LogP contribution is -2.31. The molecule has 0 amide bonds. The predicted molar refractivity (Wildman–Crippen MR) is 64.4 cm³/mol. The highest BCUT2D eigenvalue weighted by Crippen LogP contribution is 1.99. The summed E-state index contributed by atoms with van der Waals surface area (Å²) in [7, 11) is 0. The summed E-state index contributed by atoms with van der Waals surface area (Å²) in [5.74, 6) is -0.289. The predicted octanol–water partition coefficient (Wildman–Crippen LogP) is 1.73. The minimum absolute atomic E-state index is 0.0556. The Morgan fingerprint density at radius 1 is 1.31 bits per heavy atom. The standard InChI is InChI=1S/C12H25NO3/c1-4-7-11(5-2)13-8-9-15-10-12(14)16-6-3/h11,13H,4-10H2,1-3H3. The molecule has 0 spiro atoms. The molecule has 96 valence electrons. The molecule has 0 radical (unpaired) electrons. The van der Waals surface area contributed by atoms with Gasteiger partial charge in [0.05, 0.1) is 13.2 Å². The number of esters is 1. The summed E-state index contributed by atoms with van der Waals surface area (Å²) in [5, 5.41) is 3.40. The van der Waals surface area contributed by atoms with E-state index in [-0.39, 0.29) is 12.6 Å². The summed E-state index contributed by atoms with van der Waals surface area (Å²) in [4.78, 5) is 10.9. The van der Waals surface area contributed by atoms with Crippen LogP contribution in [0.5, 0.6) is 0 Å². The molecule has 4 nitrogen and oxygen atoms in total. The van der Waals surface area contributed by atoms with E-state index in [9.17, 15) is 4.79 Å². The van der Waals surface area contributed by atoms with Crippen LogP contribution in [0.3, 0.4) is 0 Å². The third-order valence-corrected chi connectivity index (χ3v) is 2.33. The lowest BCUT2D eigenvalue weighted by atomic mass is 10.1. The first kappa shape index (κ1) is 15.4. The van der Waals surface area contributed by atoms with Crippen molar-refractivity contribution in [3.8, 4) is 0 Å². The van der Waals surface area contributed by atoms with Crippen molar-refractivity contribution in [3.05, 3.63) is 0 Å². The Morgan fingerprint density at radius 3 is 2.62 bits per heavy atom. The second-order valence-corrected chi connectivity index (χ2v) is 3.71. The molecule has 0 heterocycles. The molecule has 1 unspecified atom stereocenters. The molecule has 16 heavy (non-hydrogen) atoms. The van der Waals surface area contributed by atoms with E-state index in [1.807, 2.05) is 0 Å². The van der Waals surface area contributed by atoms with Gasteiger partial charge in [0, 0.05) is 12.6 Å². The van der Waals surface area contributed by atoms with Crippen molar-refractivity contribution in [1.82, 2.24) is 5.32 Å². The van der Waals surface area contributed by atoms with Crippen LogP contribution in [0.25, 0.3) is 0 Å². The van der Waals surface area contributed by atoms with Gasteiger partial charge in [0.1, 0.15) is 6.61 Å². The van der Waals surface area contributed by atoms with Crippen LogP contribution in [0.2, 0.25) is 0 Å². The van der Waals surface area contributed by atoms with E-state index >= 15 is 0 Å². The van der Waals surface area contributed by atoms with Gasteiger partial charge in [-0.3, -0.25) is 0 Å². The quantitative estimate of drug-likeness (QED) is 0.459. The molecular weight excluding hydrogens is 206 g/mol. The maximum atomic E-state index is 10.9. The highest BCUT2D eigenvalue weighted by Gasteiger charge is 2.04. The van der Waals surface area contributed by atoms with Gasteiger partial charge in [0.25, 0.3) is 0 Å². The normalized spacial score (nSPS) is 12.4. The number of carbonyl (C=O) groups excluding carboxylic acids is 1. The first-order valence-corrected chi connectivity index (χ1v) is 6.21. The minimum Gasteiger partial charge on any atom is -0.464 e. The molecule has 0 aliphatic carbocycles. The number of ether oxygens (including phenoxy) is 2. The first-order chi connectivity index (χ1) is 7.74. The van der Waals surface area contributed by atoms with Crippen LogP contribution in [0, 0.1) is 0 Å². The molecule has 0 saturated heterocycles. The van der Waals surface area contributed by atoms with Crippen molar-refractivity contribution >= 4 is 5.97 Å². The van der Waals surface area contributed by atoms with Crippen LogP contribution < -0.4 is 5.32 Å². The van der Waals surface area contributed by atoms with Crippen molar-refractivity contribution in [1.29, 1.82) is 0 Å². The largest absolute Gasteiger partial charge is 0.464 e. The summed E-state index contributed by atoms with van der Waals surface area (Å²) >= 11 is 0. The molecule has 0 saturated carbocycles. The Balaban J connectivity index is 3.34. The average molecular weight is 231 g/mol. The van der Waals surface area contributed by atoms with Gasteiger partial charge >= 0.3 is 5.97 Å². The number of nitrogens with one attached hydrogen (secondary N) is 1. The van der Waals surface area contributed by atoms with E-state index in [4.69, 9.17) is 9.47 Å². The molecule has 1 atom stereocenters. The summed E-state index contributed by atoms with van der Waals surface area (Å²) in [6, 6.07) is 0.566. The van der Waals surface area contributed by atoms with Crippen LogP contribution >= 0.6 is 0 Å². The molecule has 0 aromatic heterocycles.